The van der Waals surface area contributed by atoms with E-state index in [1.165, 1.54) is 0 Å². The van der Waals surface area contributed by atoms with Crippen molar-refractivity contribution in [2.75, 3.05) is 33.4 Å². The summed E-state index contributed by atoms with van der Waals surface area (Å²) in [6.45, 7) is 7.37. The van der Waals surface area contributed by atoms with Crippen LogP contribution in [0.15, 0.2) is 24.3 Å². The Bertz CT molecular complexity index is 436. The Hall–Kier alpha value is -1.26. The molecule has 2 atom stereocenters. The molecule has 4 heteroatoms. The quantitative estimate of drug-likeness (QED) is 0.838. The second kappa shape index (κ2) is 7.66. The van der Waals surface area contributed by atoms with Crippen LogP contribution in [0.1, 0.15) is 20.3 Å². The van der Waals surface area contributed by atoms with E-state index in [4.69, 9.17) is 9.47 Å². The van der Waals surface area contributed by atoms with Crippen LogP contribution < -0.4 is 9.47 Å². The fourth-order valence-electron chi connectivity index (χ4n) is 2.90. The molecule has 0 aromatic heterocycles. The molecule has 1 aliphatic rings. The first kappa shape index (κ1) is 16.1. The second-order valence-corrected chi connectivity index (χ2v) is 6.07. The molecule has 1 aromatic carbocycles. The number of benzene rings is 1. The predicted octanol–water partition coefficient (Wildman–Crippen LogP) is 2.41. The lowest BCUT2D eigenvalue weighted by molar-refractivity contribution is 0.116. The van der Waals surface area contributed by atoms with Gasteiger partial charge in [-0.2, -0.15) is 0 Å². The standard InChI is InChI=1S/C17H27NO3/c1-13(2)18-8-7-14(10-18)15(11-19)12-21-17-6-4-5-16(9-17)20-3/h4-6,9,13-15,19H,7-8,10-12H2,1-3H3. The van der Waals surface area contributed by atoms with Gasteiger partial charge in [0.05, 0.1) is 13.7 Å². The van der Waals surface area contributed by atoms with Gasteiger partial charge in [0.1, 0.15) is 11.5 Å². The summed E-state index contributed by atoms with van der Waals surface area (Å²) in [5.41, 5.74) is 0. The average molecular weight is 293 g/mol. The Morgan fingerprint density at radius 1 is 1.33 bits per heavy atom. The van der Waals surface area contributed by atoms with Crippen molar-refractivity contribution in [3.63, 3.8) is 0 Å². The van der Waals surface area contributed by atoms with Gasteiger partial charge in [-0.1, -0.05) is 6.07 Å². The van der Waals surface area contributed by atoms with Crippen LogP contribution in [0.2, 0.25) is 0 Å². The van der Waals surface area contributed by atoms with Crippen LogP contribution in [-0.4, -0.2) is 49.5 Å². The minimum absolute atomic E-state index is 0.181. The molecule has 1 saturated heterocycles. The zero-order valence-electron chi connectivity index (χ0n) is 13.3. The number of nitrogens with zero attached hydrogens (tertiary/aromatic N) is 1. The third-order valence-corrected chi connectivity index (χ3v) is 4.39. The van der Waals surface area contributed by atoms with Gasteiger partial charge in [-0.3, -0.25) is 0 Å². The van der Waals surface area contributed by atoms with Crippen LogP contribution in [0.3, 0.4) is 0 Å². The fourth-order valence-corrected chi connectivity index (χ4v) is 2.90. The summed E-state index contributed by atoms with van der Waals surface area (Å²) in [5.74, 6) is 2.30. The summed E-state index contributed by atoms with van der Waals surface area (Å²) in [6.07, 6.45) is 1.14. The highest BCUT2D eigenvalue weighted by molar-refractivity contribution is 5.32. The molecule has 1 heterocycles. The Kier molecular flexibility index (Phi) is 5.88. The van der Waals surface area contributed by atoms with Gasteiger partial charge in [-0.05, 0) is 44.9 Å². The van der Waals surface area contributed by atoms with Crippen molar-refractivity contribution < 1.29 is 14.6 Å². The van der Waals surface area contributed by atoms with Gasteiger partial charge in [-0.15, -0.1) is 0 Å². The van der Waals surface area contributed by atoms with Crippen LogP contribution in [-0.2, 0) is 0 Å². The smallest absolute Gasteiger partial charge is 0.123 e. The van der Waals surface area contributed by atoms with Gasteiger partial charge in [-0.25, -0.2) is 0 Å². The molecule has 1 aliphatic heterocycles. The fraction of sp³-hybridized carbons (Fsp3) is 0.647. The number of ether oxygens (including phenoxy) is 2. The zero-order valence-corrected chi connectivity index (χ0v) is 13.3. The van der Waals surface area contributed by atoms with Gasteiger partial charge in [0, 0.05) is 31.2 Å². The SMILES string of the molecule is COc1cccc(OCC(CO)C2CCN(C(C)C)C2)c1. The van der Waals surface area contributed by atoms with Crippen molar-refractivity contribution in [2.45, 2.75) is 26.3 Å². The van der Waals surface area contributed by atoms with E-state index in [0.29, 0.717) is 18.6 Å². The summed E-state index contributed by atoms with van der Waals surface area (Å²) in [7, 11) is 1.65. The van der Waals surface area contributed by atoms with Crippen LogP contribution in [0.25, 0.3) is 0 Å². The topological polar surface area (TPSA) is 41.9 Å². The highest BCUT2D eigenvalue weighted by atomic mass is 16.5. The van der Waals surface area contributed by atoms with E-state index in [9.17, 15) is 5.11 Å². The number of aliphatic hydroxyl groups is 1. The van der Waals surface area contributed by atoms with Crippen LogP contribution in [0, 0.1) is 11.8 Å². The van der Waals surface area contributed by atoms with Crippen molar-refractivity contribution in [1.82, 2.24) is 4.90 Å². The molecule has 2 rings (SSSR count). The molecule has 0 spiro atoms. The molecule has 0 saturated carbocycles. The Labute approximate surface area is 127 Å². The second-order valence-electron chi connectivity index (χ2n) is 6.07. The number of hydrogen-bond acceptors (Lipinski definition) is 4. The Balaban J connectivity index is 1.88. The van der Waals surface area contributed by atoms with E-state index < -0.39 is 0 Å². The van der Waals surface area contributed by atoms with Crippen LogP contribution >= 0.6 is 0 Å². The van der Waals surface area contributed by atoms with E-state index in [1.54, 1.807) is 7.11 Å². The Morgan fingerprint density at radius 3 is 2.71 bits per heavy atom. The zero-order chi connectivity index (χ0) is 15.2. The summed E-state index contributed by atoms with van der Waals surface area (Å²) in [5, 5.41) is 9.67. The van der Waals surface area contributed by atoms with Crippen molar-refractivity contribution in [3.8, 4) is 11.5 Å². The Morgan fingerprint density at radius 2 is 2.10 bits per heavy atom. The maximum Gasteiger partial charge on any atom is 0.123 e. The van der Waals surface area contributed by atoms with Gasteiger partial charge < -0.3 is 19.5 Å². The maximum atomic E-state index is 9.67. The predicted molar refractivity (Wildman–Crippen MR) is 83.9 cm³/mol. The van der Waals surface area contributed by atoms with E-state index in [1.807, 2.05) is 24.3 Å². The molecule has 1 N–H and O–H groups in total. The van der Waals surface area contributed by atoms with Crippen LogP contribution in [0.5, 0.6) is 11.5 Å². The summed E-state index contributed by atoms with van der Waals surface area (Å²) in [6, 6.07) is 8.19. The molecular weight excluding hydrogens is 266 g/mol. The van der Waals surface area contributed by atoms with E-state index in [2.05, 4.69) is 18.7 Å². The molecule has 118 valence electrons. The summed E-state index contributed by atoms with van der Waals surface area (Å²) in [4.78, 5) is 2.47. The lowest BCUT2D eigenvalue weighted by atomic mass is 9.93. The molecule has 2 unspecified atom stereocenters. The van der Waals surface area contributed by atoms with Gasteiger partial charge in [0.15, 0.2) is 0 Å². The highest BCUT2D eigenvalue weighted by Gasteiger charge is 2.30. The highest BCUT2D eigenvalue weighted by Crippen LogP contribution is 2.27. The average Bonchev–Trinajstić information content (AvgIpc) is 2.98. The minimum Gasteiger partial charge on any atom is -0.497 e. The summed E-state index contributed by atoms with van der Waals surface area (Å²) >= 11 is 0. The molecule has 21 heavy (non-hydrogen) atoms. The molecular formula is C17H27NO3. The van der Waals surface area contributed by atoms with Crippen molar-refractivity contribution in [1.29, 1.82) is 0 Å². The van der Waals surface area contributed by atoms with Gasteiger partial charge in [0.25, 0.3) is 0 Å². The third-order valence-electron chi connectivity index (χ3n) is 4.39. The molecule has 0 radical (unpaired) electrons. The van der Waals surface area contributed by atoms with E-state index >= 15 is 0 Å². The normalized spacial score (nSPS) is 20.7. The van der Waals surface area contributed by atoms with Crippen molar-refractivity contribution in [3.05, 3.63) is 24.3 Å². The first-order valence-electron chi connectivity index (χ1n) is 7.75. The minimum atomic E-state index is 0.181. The van der Waals surface area contributed by atoms with Crippen molar-refractivity contribution in [2.24, 2.45) is 11.8 Å². The lowest BCUT2D eigenvalue weighted by Crippen LogP contribution is -2.31. The number of likely N-dealkylation sites (tertiary alicyclic amines) is 1. The number of aliphatic hydroxyl groups excluding tert-OH is 1. The maximum absolute atomic E-state index is 9.67. The molecule has 4 nitrogen and oxygen atoms in total. The van der Waals surface area contributed by atoms with E-state index in [-0.39, 0.29) is 12.5 Å². The number of methoxy groups -OCH3 is 1. The largest absolute Gasteiger partial charge is 0.497 e. The number of hydrogen-bond donors (Lipinski definition) is 1. The summed E-state index contributed by atoms with van der Waals surface area (Å²) < 4.78 is 11.0. The van der Waals surface area contributed by atoms with Gasteiger partial charge in [0.2, 0.25) is 0 Å². The lowest BCUT2D eigenvalue weighted by Gasteiger charge is -2.24. The first-order chi connectivity index (χ1) is 10.1. The van der Waals surface area contributed by atoms with Crippen molar-refractivity contribution >= 4 is 0 Å². The van der Waals surface area contributed by atoms with E-state index in [0.717, 1.165) is 31.0 Å². The molecule has 1 aromatic rings. The number of rotatable bonds is 7. The molecule has 0 bridgehead atoms. The molecule has 0 amide bonds. The monoisotopic (exact) mass is 293 g/mol. The third kappa shape index (κ3) is 4.35. The van der Waals surface area contributed by atoms with Crippen LogP contribution in [0.4, 0.5) is 0 Å². The van der Waals surface area contributed by atoms with Gasteiger partial charge >= 0.3 is 0 Å². The first-order valence-corrected chi connectivity index (χ1v) is 7.75. The molecule has 0 aliphatic carbocycles. The molecule has 1 fully saturated rings.